The molecule has 80 valence electrons. The number of hydrogen-bond donors (Lipinski definition) is 1. The van der Waals surface area contributed by atoms with E-state index in [1.54, 1.807) is 13.8 Å². The van der Waals surface area contributed by atoms with Gasteiger partial charge in [-0.2, -0.15) is 0 Å². The molecule has 0 fully saturated rings. The van der Waals surface area contributed by atoms with Crippen molar-refractivity contribution in [1.29, 1.82) is 0 Å². The molecule has 0 spiro atoms. The van der Waals surface area contributed by atoms with Gasteiger partial charge in [-0.25, -0.2) is 8.42 Å². The Labute approximate surface area is 79.6 Å². The van der Waals surface area contributed by atoms with Crippen molar-refractivity contribution in [3.8, 4) is 0 Å². The highest BCUT2D eigenvalue weighted by molar-refractivity contribution is 7.91. The van der Waals surface area contributed by atoms with E-state index in [9.17, 15) is 12.8 Å². The molecule has 3 nitrogen and oxygen atoms in total. The largest absolute Gasteiger partial charge is 0.313 e. The van der Waals surface area contributed by atoms with Gasteiger partial charge in [0.05, 0.1) is 12.4 Å². The minimum atomic E-state index is -2.91. The van der Waals surface area contributed by atoms with Crippen LogP contribution in [0.25, 0.3) is 0 Å². The maximum absolute atomic E-state index is 11.7. The van der Waals surface area contributed by atoms with E-state index < -0.39 is 9.84 Å². The molecule has 1 unspecified atom stereocenters. The molecule has 0 aromatic carbocycles. The van der Waals surface area contributed by atoms with Crippen molar-refractivity contribution < 1.29 is 12.8 Å². The highest BCUT2D eigenvalue weighted by atomic mass is 32.2. The van der Waals surface area contributed by atoms with Crippen molar-refractivity contribution in [3.05, 3.63) is 0 Å². The van der Waals surface area contributed by atoms with Crippen molar-refractivity contribution in [2.24, 2.45) is 0 Å². The highest BCUT2D eigenvalue weighted by Crippen LogP contribution is 1.94. The quantitative estimate of drug-likeness (QED) is 0.632. The van der Waals surface area contributed by atoms with Gasteiger partial charge in [0.15, 0.2) is 9.84 Å². The second kappa shape index (κ2) is 6.32. The number of alkyl halides is 1. The minimum Gasteiger partial charge on any atom is -0.313 e. The molecule has 0 aliphatic carbocycles. The molecule has 0 saturated heterocycles. The van der Waals surface area contributed by atoms with Gasteiger partial charge in [-0.15, -0.1) is 0 Å². The highest BCUT2D eigenvalue weighted by Gasteiger charge is 2.12. The van der Waals surface area contributed by atoms with Crippen LogP contribution in [0.1, 0.15) is 20.3 Å². The van der Waals surface area contributed by atoms with Crippen molar-refractivity contribution in [3.63, 3.8) is 0 Å². The Morgan fingerprint density at radius 1 is 1.46 bits per heavy atom. The first-order valence-electron chi connectivity index (χ1n) is 4.51. The molecule has 0 radical (unpaired) electrons. The van der Waals surface area contributed by atoms with Crippen LogP contribution in [0.3, 0.4) is 0 Å². The summed E-state index contributed by atoms with van der Waals surface area (Å²) in [5.74, 6) is 0.303. The normalized spacial score (nSPS) is 14.4. The van der Waals surface area contributed by atoms with E-state index in [-0.39, 0.29) is 24.2 Å². The van der Waals surface area contributed by atoms with Crippen molar-refractivity contribution in [1.82, 2.24) is 5.32 Å². The first-order chi connectivity index (χ1) is 6.02. The third-order valence-corrected chi connectivity index (χ3v) is 3.63. The molecule has 5 heteroatoms. The number of nitrogens with one attached hydrogen (secondary N) is 1. The van der Waals surface area contributed by atoms with Gasteiger partial charge >= 0.3 is 0 Å². The van der Waals surface area contributed by atoms with Gasteiger partial charge in [0, 0.05) is 11.8 Å². The lowest BCUT2D eigenvalue weighted by atomic mass is 10.3. The summed E-state index contributed by atoms with van der Waals surface area (Å²) in [6, 6.07) is -0.0866. The molecule has 0 amide bonds. The molecule has 0 aliphatic rings. The Bertz CT molecular complexity index is 216. The molecule has 13 heavy (non-hydrogen) atoms. The maximum atomic E-state index is 11.7. The summed E-state index contributed by atoms with van der Waals surface area (Å²) in [6.45, 7) is 3.60. The maximum Gasteiger partial charge on any atom is 0.151 e. The Morgan fingerprint density at radius 3 is 2.54 bits per heavy atom. The standard InChI is InChI=1S/C8H18FNO2S/c1-3-13(11,12)7-8(2)10-6-4-5-9/h8,10H,3-7H2,1-2H3. The molecule has 1 N–H and O–H groups in total. The van der Waals surface area contributed by atoms with Gasteiger partial charge < -0.3 is 5.32 Å². The lowest BCUT2D eigenvalue weighted by Crippen LogP contribution is -2.34. The smallest absolute Gasteiger partial charge is 0.151 e. The summed E-state index contributed by atoms with van der Waals surface area (Å²) in [7, 11) is -2.91. The van der Waals surface area contributed by atoms with Gasteiger partial charge in [0.1, 0.15) is 0 Å². The molecular formula is C8H18FNO2S. The average Bonchev–Trinajstić information content (AvgIpc) is 2.04. The van der Waals surface area contributed by atoms with Crippen LogP contribution >= 0.6 is 0 Å². The van der Waals surface area contributed by atoms with Crippen molar-refractivity contribution >= 4 is 9.84 Å². The van der Waals surface area contributed by atoms with Crippen LogP contribution in [0.15, 0.2) is 0 Å². The zero-order chi connectivity index (χ0) is 10.3. The fourth-order valence-corrected chi connectivity index (χ4v) is 2.09. The van der Waals surface area contributed by atoms with Crippen LogP contribution in [0.5, 0.6) is 0 Å². The molecule has 0 aliphatic heterocycles. The summed E-state index contributed by atoms with van der Waals surface area (Å²) in [5, 5.41) is 2.95. The molecule has 1 atom stereocenters. The number of halogens is 1. The third-order valence-electron chi connectivity index (χ3n) is 1.75. The second-order valence-corrected chi connectivity index (χ2v) is 5.49. The van der Waals surface area contributed by atoms with Crippen LogP contribution in [0, 0.1) is 0 Å². The van der Waals surface area contributed by atoms with Crippen LogP contribution in [0.2, 0.25) is 0 Å². The van der Waals surface area contributed by atoms with Crippen LogP contribution in [-0.2, 0) is 9.84 Å². The second-order valence-electron chi connectivity index (χ2n) is 3.10. The summed E-state index contributed by atoms with van der Waals surface area (Å²) in [4.78, 5) is 0. The summed E-state index contributed by atoms with van der Waals surface area (Å²) >= 11 is 0. The van der Waals surface area contributed by atoms with Crippen LogP contribution in [0.4, 0.5) is 4.39 Å². The molecule has 0 heterocycles. The van der Waals surface area contributed by atoms with E-state index >= 15 is 0 Å². The monoisotopic (exact) mass is 211 g/mol. The lowest BCUT2D eigenvalue weighted by Gasteiger charge is -2.12. The predicted molar refractivity (Wildman–Crippen MR) is 52.4 cm³/mol. The Hall–Kier alpha value is -0.160. The third kappa shape index (κ3) is 6.95. The Morgan fingerprint density at radius 2 is 2.08 bits per heavy atom. The predicted octanol–water partition coefficient (Wildman–Crippen LogP) is 0.759. The first kappa shape index (κ1) is 12.8. The van der Waals surface area contributed by atoms with Gasteiger partial charge in [-0.1, -0.05) is 6.92 Å². The SMILES string of the molecule is CCS(=O)(=O)CC(C)NCCCF. The van der Waals surface area contributed by atoms with Gasteiger partial charge in [0.25, 0.3) is 0 Å². The Balaban J connectivity index is 3.68. The van der Waals surface area contributed by atoms with Crippen LogP contribution < -0.4 is 5.32 Å². The summed E-state index contributed by atoms with van der Waals surface area (Å²) in [5.41, 5.74) is 0. The molecule has 0 aromatic heterocycles. The zero-order valence-corrected chi connectivity index (χ0v) is 9.03. The molecular weight excluding hydrogens is 193 g/mol. The molecule has 0 rings (SSSR count). The number of sulfone groups is 1. The van der Waals surface area contributed by atoms with E-state index in [4.69, 9.17) is 0 Å². The van der Waals surface area contributed by atoms with Gasteiger partial charge in [-0.05, 0) is 19.9 Å². The van der Waals surface area contributed by atoms with E-state index in [1.807, 2.05) is 0 Å². The average molecular weight is 211 g/mol. The van der Waals surface area contributed by atoms with Crippen molar-refractivity contribution in [2.75, 3.05) is 24.7 Å². The first-order valence-corrected chi connectivity index (χ1v) is 6.33. The topological polar surface area (TPSA) is 46.2 Å². The summed E-state index contributed by atoms with van der Waals surface area (Å²) in [6.07, 6.45) is 0.441. The molecule has 0 aromatic rings. The summed E-state index contributed by atoms with van der Waals surface area (Å²) < 4.78 is 33.9. The zero-order valence-electron chi connectivity index (χ0n) is 8.22. The van der Waals surface area contributed by atoms with E-state index in [2.05, 4.69) is 5.32 Å². The number of hydrogen-bond acceptors (Lipinski definition) is 3. The van der Waals surface area contributed by atoms with Crippen LogP contribution in [-0.4, -0.2) is 39.2 Å². The Kier molecular flexibility index (Phi) is 6.24. The van der Waals surface area contributed by atoms with E-state index in [0.717, 1.165) is 0 Å². The van der Waals surface area contributed by atoms with Gasteiger partial charge in [-0.3, -0.25) is 4.39 Å². The molecule has 0 bridgehead atoms. The van der Waals surface area contributed by atoms with Gasteiger partial charge in [0.2, 0.25) is 0 Å². The fourth-order valence-electron chi connectivity index (χ4n) is 0.973. The molecule has 0 saturated carbocycles. The van der Waals surface area contributed by atoms with E-state index in [1.165, 1.54) is 0 Å². The van der Waals surface area contributed by atoms with Crippen molar-refractivity contribution in [2.45, 2.75) is 26.3 Å². The lowest BCUT2D eigenvalue weighted by molar-refractivity contribution is 0.448. The van der Waals surface area contributed by atoms with E-state index in [0.29, 0.717) is 13.0 Å². The minimum absolute atomic E-state index is 0.0866. The fraction of sp³-hybridized carbons (Fsp3) is 1.00. The number of rotatable bonds is 7.